The van der Waals surface area contributed by atoms with Gasteiger partial charge in [0.2, 0.25) is 0 Å². The van der Waals surface area contributed by atoms with E-state index in [1.165, 1.54) is 21.7 Å². The molecular formula is C12H17NS. The SMILES string of the molecule is CCc1ccc(CC2=CC(N)CC2)s1. The molecule has 1 unspecified atom stereocenters. The summed E-state index contributed by atoms with van der Waals surface area (Å²) in [5, 5.41) is 0. The van der Waals surface area contributed by atoms with E-state index in [1.54, 1.807) is 0 Å². The zero-order valence-electron chi connectivity index (χ0n) is 8.62. The van der Waals surface area contributed by atoms with Crippen LogP contribution in [0.5, 0.6) is 0 Å². The lowest BCUT2D eigenvalue weighted by Crippen LogP contribution is -2.11. The summed E-state index contributed by atoms with van der Waals surface area (Å²) in [6.45, 7) is 2.21. The van der Waals surface area contributed by atoms with Gasteiger partial charge < -0.3 is 5.73 Å². The third-order valence-corrected chi connectivity index (χ3v) is 3.95. The van der Waals surface area contributed by atoms with E-state index in [4.69, 9.17) is 5.73 Å². The van der Waals surface area contributed by atoms with Crippen molar-refractivity contribution in [3.63, 3.8) is 0 Å². The molecule has 0 fully saturated rings. The van der Waals surface area contributed by atoms with Crippen LogP contribution in [0.4, 0.5) is 0 Å². The summed E-state index contributed by atoms with van der Waals surface area (Å²) < 4.78 is 0. The summed E-state index contributed by atoms with van der Waals surface area (Å²) in [7, 11) is 0. The average molecular weight is 207 g/mol. The molecule has 0 saturated carbocycles. The number of nitrogens with two attached hydrogens (primary N) is 1. The Morgan fingerprint density at radius 2 is 2.21 bits per heavy atom. The van der Waals surface area contributed by atoms with Gasteiger partial charge in [-0.1, -0.05) is 18.6 Å². The highest BCUT2D eigenvalue weighted by atomic mass is 32.1. The zero-order chi connectivity index (χ0) is 9.97. The van der Waals surface area contributed by atoms with Crippen LogP contribution in [0.1, 0.15) is 29.5 Å². The first-order valence-corrected chi connectivity index (χ1v) is 6.12. The highest BCUT2D eigenvalue weighted by Gasteiger charge is 2.12. The second kappa shape index (κ2) is 4.28. The average Bonchev–Trinajstić information content (AvgIpc) is 2.76. The number of thiophene rings is 1. The topological polar surface area (TPSA) is 26.0 Å². The fourth-order valence-corrected chi connectivity index (χ4v) is 2.91. The molecule has 0 saturated heterocycles. The van der Waals surface area contributed by atoms with Crippen molar-refractivity contribution in [2.45, 2.75) is 38.6 Å². The van der Waals surface area contributed by atoms with Gasteiger partial charge in [-0.3, -0.25) is 0 Å². The quantitative estimate of drug-likeness (QED) is 0.758. The normalized spacial score (nSPS) is 21.3. The lowest BCUT2D eigenvalue weighted by molar-refractivity contribution is 0.770. The van der Waals surface area contributed by atoms with Crippen molar-refractivity contribution in [1.29, 1.82) is 0 Å². The highest BCUT2D eigenvalue weighted by molar-refractivity contribution is 7.12. The van der Waals surface area contributed by atoms with Gasteiger partial charge in [0, 0.05) is 22.2 Å². The van der Waals surface area contributed by atoms with Gasteiger partial charge in [0.1, 0.15) is 0 Å². The fraction of sp³-hybridized carbons (Fsp3) is 0.500. The molecule has 0 aromatic carbocycles. The molecule has 1 aromatic heterocycles. The molecule has 0 amide bonds. The van der Waals surface area contributed by atoms with E-state index in [0.29, 0.717) is 6.04 Å². The molecule has 1 aliphatic rings. The fourth-order valence-electron chi connectivity index (χ4n) is 1.90. The third kappa shape index (κ3) is 2.25. The zero-order valence-corrected chi connectivity index (χ0v) is 9.44. The van der Waals surface area contributed by atoms with Crippen LogP contribution in [0.15, 0.2) is 23.8 Å². The van der Waals surface area contributed by atoms with Gasteiger partial charge >= 0.3 is 0 Å². The maximum atomic E-state index is 5.84. The molecule has 14 heavy (non-hydrogen) atoms. The Balaban J connectivity index is 2.00. The van der Waals surface area contributed by atoms with Crippen LogP contribution < -0.4 is 5.73 Å². The second-order valence-electron chi connectivity index (χ2n) is 3.93. The van der Waals surface area contributed by atoms with E-state index in [1.807, 2.05) is 11.3 Å². The molecule has 76 valence electrons. The molecule has 2 N–H and O–H groups in total. The summed E-state index contributed by atoms with van der Waals surface area (Å²) in [6.07, 6.45) is 6.86. The van der Waals surface area contributed by atoms with Gasteiger partial charge in [0.05, 0.1) is 0 Å². The second-order valence-corrected chi connectivity index (χ2v) is 5.18. The van der Waals surface area contributed by atoms with Crippen molar-refractivity contribution in [3.05, 3.63) is 33.5 Å². The van der Waals surface area contributed by atoms with E-state index in [9.17, 15) is 0 Å². The summed E-state index contributed by atoms with van der Waals surface area (Å²) in [5.41, 5.74) is 7.37. The van der Waals surface area contributed by atoms with Crippen LogP contribution >= 0.6 is 11.3 Å². The van der Waals surface area contributed by atoms with Crippen LogP contribution in [-0.4, -0.2) is 6.04 Å². The lowest BCUT2D eigenvalue weighted by Gasteiger charge is -1.97. The minimum Gasteiger partial charge on any atom is -0.324 e. The molecule has 0 spiro atoms. The first-order valence-electron chi connectivity index (χ1n) is 5.30. The van der Waals surface area contributed by atoms with Crippen LogP contribution in [0.3, 0.4) is 0 Å². The largest absolute Gasteiger partial charge is 0.324 e. The predicted molar refractivity (Wildman–Crippen MR) is 62.7 cm³/mol. The number of hydrogen-bond acceptors (Lipinski definition) is 2. The molecule has 2 heteroatoms. The molecule has 0 radical (unpaired) electrons. The Morgan fingerprint density at radius 3 is 2.79 bits per heavy atom. The monoisotopic (exact) mass is 207 g/mol. The molecular weight excluding hydrogens is 190 g/mol. The Kier molecular flexibility index (Phi) is 3.04. The minimum absolute atomic E-state index is 0.315. The van der Waals surface area contributed by atoms with Crippen LogP contribution in [0, 0.1) is 0 Å². The maximum absolute atomic E-state index is 5.84. The van der Waals surface area contributed by atoms with E-state index in [-0.39, 0.29) is 0 Å². The third-order valence-electron chi connectivity index (χ3n) is 2.72. The Morgan fingerprint density at radius 1 is 1.43 bits per heavy atom. The molecule has 2 rings (SSSR count). The standard InChI is InChI=1S/C12H17NS/c1-2-11-5-6-12(14-11)8-9-3-4-10(13)7-9/h5-7,10H,2-4,8,13H2,1H3. The summed E-state index contributed by atoms with van der Waals surface area (Å²) in [6, 6.07) is 4.82. The van der Waals surface area contributed by atoms with Crippen molar-refractivity contribution >= 4 is 11.3 Å². The van der Waals surface area contributed by atoms with Gasteiger partial charge in [0.15, 0.2) is 0 Å². The summed E-state index contributed by atoms with van der Waals surface area (Å²) in [5.74, 6) is 0. The van der Waals surface area contributed by atoms with Crippen molar-refractivity contribution in [1.82, 2.24) is 0 Å². The number of allylic oxidation sites excluding steroid dienone is 1. The van der Waals surface area contributed by atoms with Gasteiger partial charge in [-0.25, -0.2) is 0 Å². The van der Waals surface area contributed by atoms with Crippen molar-refractivity contribution in [2.24, 2.45) is 5.73 Å². The molecule has 1 aromatic rings. The highest BCUT2D eigenvalue weighted by Crippen LogP contribution is 2.25. The molecule has 1 aliphatic carbocycles. The van der Waals surface area contributed by atoms with Crippen LogP contribution in [-0.2, 0) is 12.8 Å². The van der Waals surface area contributed by atoms with Gasteiger partial charge in [0.25, 0.3) is 0 Å². The lowest BCUT2D eigenvalue weighted by atomic mass is 10.1. The van der Waals surface area contributed by atoms with E-state index < -0.39 is 0 Å². The minimum atomic E-state index is 0.315. The van der Waals surface area contributed by atoms with Crippen molar-refractivity contribution in [3.8, 4) is 0 Å². The molecule has 1 heterocycles. The van der Waals surface area contributed by atoms with Gasteiger partial charge in [-0.2, -0.15) is 0 Å². The number of aryl methyl sites for hydroxylation is 1. The molecule has 1 atom stereocenters. The predicted octanol–water partition coefficient (Wildman–Crippen LogP) is 2.90. The number of rotatable bonds is 3. The maximum Gasteiger partial charge on any atom is 0.0229 e. The van der Waals surface area contributed by atoms with Crippen molar-refractivity contribution < 1.29 is 0 Å². The van der Waals surface area contributed by atoms with Crippen LogP contribution in [0.25, 0.3) is 0 Å². The molecule has 0 bridgehead atoms. The first kappa shape index (κ1) is 9.94. The van der Waals surface area contributed by atoms with Crippen molar-refractivity contribution in [2.75, 3.05) is 0 Å². The van der Waals surface area contributed by atoms with Gasteiger partial charge in [-0.05, 0) is 31.4 Å². The molecule has 0 aliphatic heterocycles. The molecule has 1 nitrogen and oxygen atoms in total. The van der Waals surface area contributed by atoms with Crippen LogP contribution in [0.2, 0.25) is 0 Å². The Labute approximate surface area is 89.6 Å². The van der Waals surface area contributed by atoms with E-state index in [0.717, 1.165) is 19.3 Å². The smallest absolute Gasteiger partial charge is 0.0229 e. The summed E-state index contributed by atoms with van der Waals surface area (Å²) in [4.78, 5) is 2.98. The Bertz CT molecular complexity index is 338. The first-order chi connectivity index (χ1) is 6.78. The van der Waals surface area contributed by atoms with Gasteiger partial charge in [-0.15, -0.1) is 11.3 Å². The summed E-state index contributed by atoms with van der Waals surface area (Å²) >= 11 is 1.94. The Hall–Kier alpha value is -0.600. The van der Waals surface area contributed by atoms with E-state index in [2.05, 4.69) is 25.1 Å². The number of hydrogen-bond donors (Lipinski definition) is 1. The van der Waals surface area contributed by atoms with E-state index >= 15 is 0 Å².